The van der Waals surface area contributed by atoms with Gasteiger partial charge in [0.25, 0.3) is 5.69 Å². The molecule has 2 unspecified atom stereocenters. The maximum atomic E-state index is 11.1. The molecule has 0 radical (unpaired) electrons. The van der Waals surface area contributed by atoms with Crippen molar-refractivity contribution in [3.63, 3.8) is 0 Å². The van der Waals surface area contributed by atoms with Crippen molar-refractivity contribution < 1.29 is 14.8 Å². The molecule has 2 N–H and O–H groups in total. The molecule has 1 aromatic carbocycles. The van der Waals surface area contributed by atoms with E-state index < -0.39 is 10.9 Å². The van der Waals surface area contributed by atoms with E-state index in [1.807, 2.05) is 0 Å². The van der Waals surface area contributed by atoms with Crippen molar-refractivity contribution in [3.05, 3.63) is 39.9 Å². The van der Waals surface area contributed by atoms with Gasteiger partial charge in [0.15, 0.2) is 0 Å². The van der Waals surface area contributed by atoms with Crippen LogP contribution in [-0.4, -0.2) is 22.5 Å². The molecule has 1 saturated carbocycles. The number of nitro groups is 1. The second-order valence-electron chi connectivity index (χ2n) is 5.15. The normalized spacial score (nSPS) is 21.8. The summed E-state index contributed by atoms with van der Waals surface area (Å²) in [5.41, 5.74) is 0.726. The van der Waals surface area contributed by atoms with Gasteiger partial charge < -0.3 is 10.4 Å². The Morgan fingerprint density at radius 1 is 1.40 bits per heavy atom. The minimum absolute atomic E-state index is 0.0983. The van der Waals surface area contributed by atoms with Crippen molar-refractivity contribution >= 4 is 11.7 Å². The molecule has 1 fully saturated rings. The number of nitro benzene ring substituents is 1. The molecule has 0 aromatic heterocycles. The Kier molecular flexibility index (Phi) is 4.68. The molecule has 0 aliphatic heterocycles. The molecule has 20 heavy (non-hydrogen) atoms. The minimum Gasteiger partial charge on any atom is -0.481 e. The average molecular weight is 278 g/mol. The van der Waals surface area contributed by atoms with Crippen LogP contribution in [-0.2, 0) is 11.3 Å². The van der Waals surface area contributed by atoms with Crippen LogP contribution in [0.25, 0.3) is 0 Å². The lowest BCUT2D eigenvalue weighted by molar-refractivity contribution is -0.385. The number of aliphatic carboxylic acids is 1. The number of carboxylic acid groups (broad SMARTS) is 1. The fourth-order valence-corrected chi connectivity index (χ4v) is 2.84. The van der Waals surface area contributed by atoms with E-state index in [2.05, 4.69) is 5.32 Å². The van der Waals surface area contributed by atoms with Gasteiger partial charge in [-0.1, -0.05) is 24.6 Å². The van der Waals surface area contributed by atoms with Gasteiger partial charge in [0.2, 0.25) is 0 Å². The lowest BCUT2D eigenvalue weighted by Crippen LogP contribution is -2.28. The molecule has 6 heteroatoms. The molecule has 0 bridgehead atoms. The van der Waals surface area contributed by atoms with Gasteiger partial charge in [0.05, 0.1) is 10.8 Å². The standard InChI is InChI=1S/C14H18N2O4/c17-14(18)12-6-3-5-10(12)8-15-9-11-4-1-2-7-13(11)16(19)20/h1-2,4,7,10,12,15H,3,5-6,8-9H2,(H,17,18). The molecule has 0 amide bonds. The van der Waals surface area contributed by atoms with Gasteiger partial charge in [-0.3, -0.25) is 14.9 Å². The topological polar surface area (TPSA) is 92.5 Å². The molecule has 0 spiro atoms. The second kappa shape index (κ2) is 6.47. The summed E-state index contributed by atoms with van der Waals surface area (Å²) in [6.45, 7) is 0.975. The molecule has 1 aliphatic carbocycles. The Bertz CT molecular complexity index is 504. The predicted molar refractivity (Wildman–Crippen MR) is 73.3 cm³/mol. The summed E-state index contributed by atoms with van der Waals surface area (Å²) < 4.78 is 0. The van der Waals surface area contributed by atoms with Crippen LogP contribution in [0.2, 0.25) is 0 Å². The Hall–Kier alpha value is -1.95. The van der Waals surface area contributed by atoms with Gasteiger partial charge in [0.1, 0.15) is 0 Å². The molecule has 2 rings (SSSR count). The zero-order valence-corrected chi connectivity index (χ0v) is 11.1. The lowest BCUT2D eigenvalue weighted by Gasteiger charge is -2.16. The summed E-state index contributed by atoms with van der Waals surface area (Å²) in [4.78, 5) is 21.6. The van der Waals surface area contributed by atoms with Crippen molar-refractivity contribution in [2.75, 3.05) is 6.54 Å². The Morgan fingerprint density at radius 2 is 2.15 bits per heavy atom. The van der Waals surface area contributed by atoms with Crippen molar-refractivity contribution in [1.82, 2.24) is 5.32 Å². The zero-order valence-electron chi connectivity index (χ0n) is 11.1. The van der Waals surface area contributed by atoms with E-state index in [9.17, 15) is 14.9 Å². The van der Waals surface area contributed by atoms with Crippen molar-refractivity contribution in [2.45, 2.75) is 25.8 Å². The van der Waals surface area contributed by atoms with Gasteiger partial charge >= 0.3 is 5.97 Å². The fraction of sp³-hybridized carbons (Fsp3) is 0.500. The van der Waals surface area contributed by atoms with Crippen LogP contribution in [0.3, 0.4) is 0 Å². The second-order valence-corrected chi connectivity index (χ2v) is 5.15. The number of rotatable bonds is 6. The highest BCUT2D eigenvalue weighted by molar-refractivity contribution is 5.70. The van der Waals surface area contributed by atoms with Crippen molar-refractivity contribution in [3.8, 4) is 0 Å². The summed E-state index contributed by atoms with van der Waals surface area (Å²) in [5.74, 6) is -0.900. The lowest BCUT2D eigenvalue weighted by atomic mass is 9.96. The van der Waals surface area contributed by atoms with Gasteiger partial charge in [-0.15, -0.1) is 0 Å². The van der Waals surface area contributed by atoms with Crippen LogP contribution >= 0.6 is 0 Å². The highest BCUT2D eigenvalue weighted by Crippen LogP contribution is 2.31. The summed E-state index contributed by atoms with van der Waals surface area (Å²) in [5, 5.41) is 23.1. The zero-order chi connectivity index (χ0) is 14.5. The predicted octanol–water partition coefficient (Wildman–Crippen LogP) is 2.19. The summed E-state index contributed by atoms with van der Waals surface area (Å²) >= 11 is 0. The number of benzene rings is 1. The third-order valence-corrected chi connectivity index (χ3v) is 3.89. The Balaban J connectivity index is 1.90. The maximum Gasteiger partial charge on any atom is 0.306 e. The van der Waals surface area contributed by atoms with Crippen LogP contribution < -0.4 is 5.32 Å². The fourth-order valence-electron chi connectivity index (χ4n) is 2.84. The SMILES string of the molecule is O=C(O)C1CCCC1CNCc1ccccc1[N+](=O)[O-]. The van der Waals surface area contributed by atoms with E-state index in [0.29, 0.717) is 18.7 Å². The molecular weight excluding hydrogens is 260 g/mol. The largest absolute Gasteiger partial charge is 0.481 e. The highest BCUT2D eigenvalue weighted by Gasteiger charge is 2.32. The van der Waals surface area contributed by atoms with E-state index in [-0.39, 0.29) is 17.5 Å². The first-order valence-corrected chi connectivity index (χ1v) is 6.75. The van der Waals surface area contributed by atoms with Gasteiger partial charge in [-0.2, -0.15) is 0 Å². The minimum atomic E-state index is -0.736. The molecular formula is C14H18N2O4. The molecule has 0 heterocycles. The number of para-hydroxylation sites is 1. The summed E-state index contributed by atoms with van der Waals surface area (Å²) in [6.07, 6.45) is 2.57. The molecule has 108 valence electrons. The molecule has 2 atom stereocenters. The van der Waals surface area contributed by atoms with E-state index >= 15 is 0 Å². The van der Waals surface area contributed by atoms with Gasteiger partial charge in [-0.25, -0.2) is 0 Å². The average Bonchev–Trinajstić information content (AvgIpc) is 2.87. The van der Waals surface area contributed by atoms with Crippen LogP contribution in [0, 0.1) is 22.0 Å². The van der Waals surface area contributed by atoms with Crippen molar-refractivity contribution in [1.29, 1.82) is 0 Å². The smallest absolute Gasteiger partial charge is 0.306 e. The van der Waals surface area contributed by atoms with E-state index in [1.54, 1.807) is 18.2 Å². The quantitative estimate of drug-likeness (QED) is 0.614. The monoisotopic (exact) mass is 278 g/mol. The number of nitrogens with one attached hydrogen (secondary N) is 1. The first-order chi connectivity index (χ1) is 9.59. The number of carbonyl (C=O) groups is 1. The Labute approximate surface area is 117 Å². The number of nitrogens with zero attached hydrogens (tertiary/aromatic N) is 1. The maximum absolute atomic E-state index is 11.1. The molecule has 1 aromatic rings. The summed E-state index contributed by atoms with van der Waals surface area (Å²) in [6, 6.07) is 6.60. The third kappa shape index (κ3) is 3.33. The van der Waals surface area contributed by atoms with E-state index in [4.69, 9.17) is 5.11 Å². The van der Waals surface area contributed by atoms with Gasteiger partial charge in [0, 0.05) is 18.2 Å². The number of hydrogen-bond acceptors (Lipinski definition) is 4. The van der Waals surface area contributed by atoms with Crippen LogP contribution in [0.1, 0.15) is 24.8 Å². The number of hydrogen-bond donors (Lipinski definition) is 2. The van der Waals surface area contributed by atoms with Gasteiger partial charge in [-0.05, 0) is 25.3 Å². The number of carboxylic acids is 1. The first kappa shape index (κ1) is 14.5. The van der Waals surface area contributed by atoms with E-state index in [0.717, 1.165) is 19.3 Å². The Morgan fingerprint density at radius 3 is 2.85 bits per heavy atom. The third-order valence-electron chi connectivity index (χ3n) is 3.89. The first-order valence-electron chi connectivity index (χ1n) is 6.75. The summed E-state index contributed by atoms with van der Waals surface area (Å²) in [7, 11) is 0. The van der Waals surface area contributed by atoms with Crippen LogP contribution in [0.5, 0.6) is 0 Å². The molecule has 1 aliphatic rings. The van der Waals surface area contributed by atoms with E-state index in [1.165, 1.54) is 6.07 Å². The highest BCUT2D eigenvalue weighted by atomic mass is 16.6. The van der Waals surface area contributed by atoms with Crippen LogP contribution in [0.4, 0.5) is 5.69 Å². The molecule has 6 nitrogen and oxygen atoms in total. The van der Waals surface area contributed by atoms with Crippen LogP contribution in [0.15, 0.2) is 24.3 Å². The van der Waals surface area contributed by atoms with Crippen molar-refractivity contribution in [2.24, 2.45) is 11.8 Å². The molecule has 0 saturated heterocycles.